The number of benzene rings is 1. The summed E-state index contributed by atoms with van der Waals surface area (Å²) >= 11 is 3.49. The summed E-state index contributed by atoms with van der Waals surface area (Å²) in [4.78, 5) is 11.3. The molecule has 0 spiro atoms. The molecule has 0 fully saturated rings. The van der Waals surface area contributed by atoms with Crippen molar-refractivity contribution in [1.29, 1.82) is 0 Å². The molecule has 1 aromatic heterocycles. The van der Waals surface area contributed by atoms with Gasteiger partial charge < -0.3 is 0 Å². The van der Waals surface area contributed by atoms with Crippen molar-refractivity contribution < 1.29 is 0 Å². The molecule has 1 heterocycles. The lowest BCUT2D eigenvalue weighted by Crippen LogP contribution is -2.05. The molecule has 2 rings (SSSR count). The molecule has 0 unspecified atom stereocenters. The van der Waals surface area contributed by atoms with Crippen LogP contribution in [0.4, 0.5) is 0 Å². The molecular formula is C12H13BrN2O. The maximum atomic E-state index is 11.3. The standard InChI is InChI=1S/C12H13BrN2O/c1-3-9-7-12(16)14-15(9)10-5-4-8(2)11(13)6-10/h4-7H,3H2,1-2H3,(H,14,16). The highest BCUT2D eigenvalue weighted by Gasteiger charge is 2.05. The van der Waals surface area contributed by atoms with Crippen LogP contribution in [0.25, 0.3) is 5.69 Å². The van der Waals surface area contributed by atoms with Crippen LogP contribution >= 0.6 is 15.9 Å². The van der Waals surface area contributed by atoms with E-state index in [1.807, 2.05) is 36.7 Å². The molecule has 0 atom stereocenters. The van der Waals surface area contributed by atoms with E-state index < -0.39 is 0 Å². The van der Waals surface area contributed by atoms with Crippen LogP contribution in [0, 0.1) is 6.92 Å². The fourth-order valence-corrected chi connectivity index (χ4v) is 2.01. The van der Waals surface area contributed by atoms with Crippen LogP contribution in [-0.2, 0) is 6.42 Å². The Morgan fingerprint density at radius 2 is 2.12 bits per heavy atom. The summed E-state index contributed by atoms with van der Waals surface area (Å²) < 4.78 is 2.87. The quantitative estimate of drug-likeness (QED) is 0.903. The van der Waals surface area contributed by atoms with Gasteiger partial charge in [-0.25, -0.2) is 0 Å². The van der Waals surface area contributed by atoms with Gasteiger partial charge in [0.15, 0.2) is 0 Å². The highest BCUT2D eigenvalue weighted by Crippen LogP contribution is 2.20. The highest BCUT2D eigenvalue weighted by atomic mass is 79.9. The molecule has 2 aromatic rings. The minimum Gasteiger partial charge on any atom is -0.268 e. The normalized spacial score (nSPS) is 10.7. The minimum absolute atomic E-state index is 0.0615. The van der Waals surface area contributed by atoms with E-state index in [0.29, 0.717) is 0 Å². The topological polar surface area (TPSA) is 37.8 Å². The average Bonchev–Trinajstić information content (AvgIpc) is 2.63. The van der Waals surface area contributed by atoms with E-state index in [-0.39, 0.29) is 5.56 Å². The Kier molecular flexibility index (Phi) is 3.01. The van der Waals surface area contributed by atoms with Crippen molar-refractivity contribution in [3.05, 3.63) is 50.3 Å². The molecule has 0 aliphatic carbocycles. The molecule has 0 saturated heterocycles. The van der Waals surface area contributed by atoms with Crippen molar-refractivity contribution in [3.8, 4) is 5.69 Å². The zero-order valence-corrected chi connectivity index (χ0v) is 10.8. The number of rotatable bonds is 2. The van der Waals surface area contributed by atoms with E-state index in [2.05, 4.69) is 21.0 Å². The summed E-state index contributed by atoms with van der Waals surface area (Å²) in [6, 6.07) is 7.66. The van der Waals surface area contributed by atoms with Crippen molar-refractivity contribution in [2.24, 2.45) is 0 Å². The third kappa shape index (κ3) is 1.97. The van der Waals surface area contributed by atoms with Crippen LogP contribution in [0.1, 0.15) is 18.2 Å². The number of H-pyrrole nitrogens is 1. The second-order valence-electron chi connectivity index (χ2n) is 3.73. The number of halogens is 1. The molecule has 4 heteroatoms. The average molecular weight is 281 g/mol. The third-order valence-corrected chi connectivity index (χ3v) is 3.44. The molecule has 1 aromatic carbocycles. The minimum atomic E-state index is -0.0615. The second-order valence-corrected chi connectivity index (χ2v) is 4.59. The molecule has 0 saturated carbocycles. The number of aromatic nitrogens is 2. The Morgan fingerprint density at radius 1 is 1.38 bits per heavy atom. The van der Waals surface area contributed by atoms with E-state index >= 15 is 0 Å². The third-order valence-electron chi connectivity index (χ3n) is 2.58. The van der Waals surface area contributed by atoms with Crippen LogP contribution < -0.4 is 5.56 Å². The number of hydrogen-bond donors (Lipinski definition) is 1. The van der Waals surface area contributed by atoms with E-state index in [0.717, 1.165) is 22.3 Å². The predicted molar refractivity (Wildman–Crippen MR) is 68.2 cm³/mol. The monoisotopic (exact) mass is 280 g/mol. The van der Waals surface area contributed by atoms with Gasteiger partial charge in [0, 0.05) is 16.2 Å². The van der Waals surface area contributed by atoms with Gasteiger partial charge in [0.05, 0.1) is 5.69 Å². The lowest BCUT2D eigenvalue weighted by atomic mass is 10.2. The first-order chi connectivity index (χ1) is 7.61. The predicted octanol–water partition coefficient (Wildman–Crippen LogP) is 2.80. The van der Waals surface area contributed by atoms with Crippen molar-refractivity contribution in [3.63, 3.8) is 0 Å². The fraction of sp³-hybridized carbons (Fsp3) is 0.250. The molecule has 0 radical (unpaired) electrons. The zero-order valence-electron chi connectivity index (χ0n) is 9.25. The lowest BCUT2D eigenvalue weighted by Gasteiger charge is -2.08. The number of nitrogens with one attached hydrogen (secondary N) is 1. The Bertz CT molecular complexity index is 569. The van der Waals surface area contributed by atoms with Gasteiger partial charge in [-0.15, -0.1) is 0 Å². The van der Waals surface area contributed by atoms with Gasteiger partial charge in [-0.05, 0) is 31.0 Å². The summed E-state index contributed by atoms with van der Waals surface area (Å²) in [5.41, 5.74) is 3.07. The van der Waals surface area contributed by atoms with Crippen LogP contribution in [0.5, 0.6) is 0 Å². The van der Waals surface area contributed by atoms with Gasteiger partial charge in [0.25, 0.3) is 5.56 Å². The molecule has 16 heavy (non-hydrogen) atoms. The van der Waals surface area contributed by atoms with Crippen LogP contribution in [0.3, 0.4) is 0 Å². The van der Waals surface area contributed by atoms with E-state index in [4.69, 9.17) is 0 Å². The van der Waals surface area contributed by atoms with Crippen molar-refractivity contribution >= 4 is 15.9 Å². The van der Waals surface area contributed by atoms with Gasteiger partial charge in [0.1, 0.15) is 0 Å². The second kappa shape index (κ2) is 4.29. The number of aryl methyl sites for hydroxylation is 2. The van der Waals surface area contributed by atoms with Crippen LogP contribution in [-0.4, -0.2) is 9.78 Å². The molecule has 0 bridgehead atoms. The molecule has 0 aliphatic heterocycles. The van der Waals surface area contributed by atoms with Gasteiger partial charge >= 0.3 is 0 Å². The molecule has 0 amide bonds. The van der Waals surface area contributed by atoms with Gasteiger partial charge in [0.2, 0.25) is 0 Å². The number of aromatic amines is 1. The lowest BCUT2D eigenvalue weighted by molar-refractivity contribution is 0.804. The molecular weight excluding hydrogens is 268 g/mol. The summed E-state index contributed by atoms with van der Waals surface area (Å²) in [6.07, 6.45) is 0.824. The Morgan fingerprint density at radius 3 is 2.75 bits per heavy atom. The van der Waals surface area contributed by atoms with Gasteiger partial charge in [-0.2, -0.15) is 0 Å². The van der Waals surface area contributed by atoms with E-state index in [9.17, 15) is 4.79 Å². The van der Waals surface area contributed by atoms with Crippen LogP contribution in [0.2, 0.25) is 0 Å². The largest absolute Gasteiger partial charge is 0.268 e. The SMILES string of the molecule is CCc1cc(=O)[nH]n1-c1ccc(C)c(Br)c1. The first-order valence-electron chi connectivity index (χ1n) is 5.19. The van der Waals surface area contributed by atoms with Crippen molar-refractivity contribution in [2.45, 2.75) is 20.3 Å². The van der Waals surface area contributed by atoms with E-state index in [1.165, 1.54) is 5.56 Å². The van der Waals surface area contributed by atoms with Gasteiger partial charge in [-0.3, -0.25) is 14.6 Å². The van der Waals surface area contributed by atoms with Gasteiger partial charge in [-0.1, -0.05) is 28.9 Å². The zero-order chi connectivity index (χ0) is 11.7. The fourth-order valence-electron chi connectivity index (χ4n) is 1.64. The summed E-state index contributed by atoms with van der Waals surface area (Å²) in [6.45, 7) is 4.06. The maximum absolute atomic E-state index is 11.3. The molecule has 3 nitrogen and oxygen atoms in total. The van der Waals surface area contributed by atoms with E-state index in [1.54, 1.807) is 6.07 Å². The van der Waals surface area contributed by atoms with Crippen molar-refractivity contribution in [1.82, 2.24) is 9.78 Å². The Hall–Kier alpha value is -1.29. The Balaban J connectivity index is 2.57. The summed E-state index contributed by atoms with van der Waals surface area (Å²) in [5.74, 6) is 0. The van der Waals surface area contributed by atoms with Crippen LogP contribution in [0.15, 0.2) is 33.5 Å². The molecule has 84 valence electrons. The van der Waals surface area contributed by atoms with Crippen molar-refractivity contribution in [2.75, 3.05) is 0 Å². The number of hydrogen-bond acceptors (Lipinski definition) is 1. The highest BCUT2D eigenvalue weighted by molar-refractivity contribution is 9.10. The smallest absolute Gasteiger partial charge is 0.264 e. The number of nitrogens with zero attached hydrogens (tertiary/aromatic N) is 1. The first-order valence-corrected chi connectivity index (χ1v) is 5.98. The first kappa shape index (κ1) is 11.2. The Labute approximate surface area is 102 Å². The summed E-state index contributed by atoms with van der Waals surface area (Å²) in [7, 11) is 0. The molecule has 0 aliphatic rings. The maximum Gasteiger partial charge on any atom is 0.264 e. The molecule has 1 N–H and O–H groups in total. The summed E-state index contributed by atoms with van der Waals surface area (Å²) in [5, 5.41) is 2.80.